The first-order valence-corrected chi connectivity index (χ1v) is 4.14. The summed E-state index contributed by atoms with van der Waals surface area (Å²) in [6, 6.07) is 0. The molecular weight excluding hydrogens is 136 g/mol. The van der Waals surface area contributed by atoms with Crippen LogP contribution >= 0.6 is 0 Å². The molecular formula is C10H16O. The number of allylic oxidation sites excluding steroid dienone is 2. The van der Waals surface area contributed by atoms with Crippen molar-refractivity contribution in [3.63, 3.8) is 0 Å². The van der Waals surface area contributed by atoms with E-state index < -0.39 is 0 Å². The Bertz CT molecular complexity index is 191. The van der Waals surface area contributed by atoms with Crippen molar-refractivity contribution in [2.24, 2.45) is 5.92 Å². The maximum Gasteiger partial charge on any atom is 0.0609 e. The standard InChI is InChI=1S/C10H16O/c1-7(2)9-5-4-8(3)10(11)6-9/h5,8,10-11H,1,4,6H2,2-3H3. The van der Waals surface area contributed by atoms with E-state index in [0.717, 1.165) is 18.4 Å². The summed E-state index contributed by atoms with van der Waals surface area (Å²) in [6.07, 6.45) is 3.81. The predicted molar refractivity (Wildman–Crippen MR) is 47.3 cm³/mol. The van der Waals surface area contributed by atoms with Crippen LogP contribution in [0.15, 0.2) is 23.8 Å². The van der Waals surface area contributed by atoms with Crippen LogP contribution in [0.1, 0.15) is 26.7 Å². The van der Waals surface area contributed by atoms with Gasteiger partial charge in [-0.15, -0.1) is 0 Å². The number of hydrogen-bond acceptors (Lipinski definition) is 1. The Morgan fingerprint density at radius 1 is 1.73 bits per heavy atom. The number of rotatable bonds is 1. The molecule has 0 bridgehead atoms. The molecule has 11 heavy (non-hydrogen) atoms. The van der Waals surface area contributed by atoms with Crippen molar-refractivity contribution < 1.29 is 5.11 Å². The van der Waals surface area contributed by atoms with E-state index >= 15 is 0 Å². The normalized spacial score (nSPS) is 31.4. The summed E-state index contributed by atoms with van der Waals surface area (Å²) in [7, 11) is 0. The monoisotopic (exact) mass is 152 g/mol. The molecule has 0 amide bonds. The van der Waals surface area contributed by atoms with Crippen LogP contribution in [-0.4, -0.2) is 11.2 Å². The molecule has 1 aliphatic carbocycles. The zero-order valence-electron chi connectivity index (χ0n) is 7.30. The van der Waals surface area contributed by atoms with E-state index in [1.54, 1.807) is 0 Å². The van der Waals surface area contributed by atoms with Gasteiger partial charge >= 0.3 is 0 Å². The number of aliphatic hydroxyl groups excluding tert-OH is 1. The fraction of sp³-hybridized carbons (Fsp3) is 0.600. The Labute approximate surface area is 68.4 Å². The fourth-order valence-electron chi connectivity index (χ4n) is 1.34. The molecule has 0 aliphatic heterocycles. The molecule has 1 heteroatoms. The van der Waals surface area contributed by atoms with Crippen LogP contribution in [-0.2, 0) is 0 Å². The van der Waals surface area contributed by atoms with Gasteiger partial charge in [0.1, 0.15) is 0 Å². The van der Waals surface area contributed by atoms with Crippen molar-refractivity contribution in [2.45, 2.75) is 32.8 Å². The summed E-state index contributed by atoms with van der Waals surface area (Å²) < 4.78 is 0. The summed E-state index contributed by atoms with van der Waals surface area (Å²) in [5.41, 5.74) is 2.33. The molecule has 0 fully saturated rings. The second kappa shape index (κ2) is 3.22. The maximum atomic E-state index is 9.52. The molecule has 2 atom stereocenters. The van der Waals surface area contributed by atoms with Gasteiger partial charge < -0.3 is 5.11 Å². The average molecular weight is 152 g/mol. The van der Waals surface area contributed by atoms with Gasteiger partial charge in [-0.1, -0.05) is 25.2 Å². The van der Waals surface area contributed by atoms with E-state index in [9.17, 15) is 5.11 Å². The summed E-state index contributed by atoms with van der Waals surface area (Å²) in [4.78, 5) is 0. The van der Waals surface area contributed by atoms with Gasteiger partial charge in [0.05, 0.1) is 6.10 Å². The predicted octanol–water partition coefficient (Wildman–Crippen LogP) is 2.28. The van der Waals surface area contributed by atoms with Crippen molar-refractivity contribution in [3.05, 3.63) is 23.8 Å². The van der Waals surface area contributed by atoms with Gasteiger partial charge in [0.25, 0.3) is 0 Å². The number of aliphatic hydroxyl groups is 1. The minimum Gasteiger partial charge on any atom is -0.392 e. The highest BCUT2D eigenvalue weighted by atomic mass is 16.3. The minimum atomic E-state index is -0.160. The first-order valence-electron chi connectivity index (χ1n) is 4.14. The molecule has 1 N–H and O–H groups in total. The van der Waals surface area contributed by atoms with Gasteiger partial charge in [-0.05, 0) is 31.3 Å². The Hall–Kier alpha value is -0.560. The molecule has 0 heterocycles. The molecule has 0 saturated heterocycles. The van der Waals surface area contributed by atoms with Crippen molar-refractivity contribution in [3.8, 4) is 0 Å². The topological polar surface area (TPSA) is 20.2 Å². The van der Waals surface area contributed by atoms with Crippen molar-refractivity contribution in [2.75, 3.05) is 0 Å². The van der Waals surface area contributed by atoms with Gasteiger partial charge in [-0.2, -0.15) is 0 Å². The third kappa shape index (κ3) is 1.93. The summed E-state index contributed by atoms with van der Waals surface area (Å²) in [6.45, 7) is 7.93. The summed E-state index contributed by atoms with van der Waals surface area (Å²) in [5.74, 6) is 0.415. The molecule has 1 nitrogen and oxygen atoms in total. The van der Waals surface area contributed by atoms with E-state index in [-0.39, 0.29) is 6.10 Å². The molecule has 2 unspecified atom stereocenters. The fourth-order valence-corrected chi connectivity index (χ4v) is 1.34. The quantitative estimate of drug-likeness (QED) is 0.611. The molecule has 0 aromatic carbocycles. The number of hydrogen-bond donors (Lipinski definition) is 1. The molecule has 0 spiro atoms. The SMILES string of the molecule is C=C(C)C1=CCC(C)C(O)C1. The zero-order valence-corrected chi connectivity index (χ0v) is 7.30. The molecule has 1 rings (SSSR count). The Balaban J connectivity index is 2.66. The molecule has 62 valence electrons. The van der Waals surface area contributed by atoms with Crippen molar-refractivity contribution in [1.29, 1.82) is 0 Å². The van der Waals surface area contributed by atoms with Crippen LogP contribution in [0, 0.1) is 5.92 Å². The molecule has 1 aliphatic rings. The van der Waals surface area contributed by atoms with E-state index in [1.165, 1.54) is 5.57 Å². The smallest absolute Gasteiger partial charge is 0.0609 e. The Morgan fingerprint density at radius 3 is 2.82 bits per heavy atom. The third-order valence-electron chi connectivity index (χ3n) is 2.37. The summed E-state index contributed by atoms with van der Waals surface area (Å²) in [5, 5.41) is 9.52. The highest BCUT2D eigenvalue weighted by Gasteiger charge is 2.19. The van der Waals surface area contributed by atoms with E-state index in [4.69, 9.17) is 0 Å². The zero-order chi connectivity index (χ0) is 8.43. The van der Waals surface area contributed by atoms with Gasteiger partial charge in [-0.25, -0.2) is 0 Å². The second-order valence-electron chi connectivity index (χ2n) is 3.49. The third-order valence-corrected chi connectivity index (χ3v) is 2.37. The van der Waals surface area contributed by atoms with Gasteiger partial charge in [0.15, 0.2) is 0 Å². The van der Waals surface area contributed by atoms with Crippen molar-refractivity contribution >= 4 is 0 Å². The van der Waals surface area contributed by atoms with Gasteiger partial charge in [0.2, 0.25) is 0 Å². The van der Waals surface area contributed by atoms with Crippen LogP contribution in [0.2, 0.25) is 0 Å². The van der Waals surface area contributed by atoms with Crippen molar-refractivity contribution in [1.82, 2.24) is 0 Å². The molecule has 0 aromatic rings. The second-order valence-corrected chi connectivity index (χ2v) is 3.49. The van der Waals surface area contributed by atoms with Crippen LogP contribution in [0.3, 0.4) is 0 Å². The Morgan fingerprint density at radius 2 is 2.36 bits per heavy atom. The highest BCUT2D eigenvalue weighted by molar-refractivity contribution is 5.28. The van der Waals surface area contributed by atoms with Crippen LogP contribution in [0.25, 0.3) is 0 Å². The van der Waals surface area contributed by atoms with E-state index in [1.807, 2.05) is 6.92 Å². The lowest BCUT2D eigenvalue weighted by molar-refractivity contribution is 0.112. The van der Waals surface area contributed by atoms with Gasteiger partial charge in [0, 0.05) is 0 Å². The lowest BCUT2D eigenvalue weighted by Gasteiger charge is -2.24. The van der Waals surface area contributed by atoms with Crippen LogP contribution in [0.5, 0.6) is 0 Å². The Kier molecular flexibility index (Phi) is 2.50. The molecule has 0 saturated carbocycles. The van der Waals surface area contributed by atoms with Gasteiger partial charge in [-0.3, -0.25) is 0 Å². The summed E-state index contributed by atoms with van der Waals surface area (Å²) >= 11 is 0. The largest absolute Gasteiger partial charge is 0.392 e. The molecule has 0 aromatic heterocycles. The highest BCUT2D eigenvalue weighted by Crippen LogP contribution is 2.26. The lowest BCUT2D eigenvalue weighted by Crippen LogP contribution is -2.21. The maximum absolute atomic E-state index is 9.52. The lowest BCUT2D eigenvalue weighted by atomic mass is 9.86. The van der Waals surface area contributed by atoms with E-state index in [0.29, 0.717) is 5.92 Å². The van der Waals surface area contributed by atoms with Crippen LogP contribution in [0.4, 0.5) is 0 Å². The minimum absolute atomic E-state index is 0.160. The first-order chi connectivity index (χ1) is 5.11. The van der Waals surface area contributed by atoms with Crippen LogP contribution < -0.4 is 0 Å². The van der Waals surface area contributed by atoms with E-state index in [2.05, 4.69) is 19.6 Å². The average Bonchev–Trinajstić information content (AvgIpc) is 1.94. The first kappa shape index (κ1) is 8.54. The molecule has 0 radical (unpaired) electrons.